The Labute approximate surface area is 489 Å². The molecule has 0 aliphatic heterocycles. The first-order chi connectivity index (χ1) is 39.0. The number of carbonyl (C=O) groups excluding carboxylic acids is 3. The average Bonchev–Trinajstić information content (AvgIpc) is 3.45. The van der Waals surface area contributed by atoms with Gasteiger partial charge in [-0.15, -0.1) is 0 Å². The highest BCUT2D eigenvalue weighted by Crippen LogP contribution is 2.17. The first-order valence-electron chi connectivity index (χ1n) is 33.7. The molecule has 0 aromatic carbocycles. The summed E-state index contributed by atoms with van der Waals surface area (Å²) < 4.78 is 16.9. The molecule has 0 saturated heterocycles. The van der Waals surface area contributed by atoms with E-state index in [2.05, 4.69) is 118 Å². The number of hydrogen-bond donors (Lipinski definition) is 0. The van der Waals surface area contributed by atoms with Gasteiger partial charge in [-0.1, -0.05) is 298 Å². The predicted octanol–water partition coefficient (Wildman–Crippen LogP) is 23.2. The van der Waals surface area contributed by atoms with Crippen molar-refractivity contribution in [1.29, 1.82) is 0 Å². The second-order valence-electron chi connectivity index (χ2n) is 22.3. The largest absolute Gasteiger partial charge is 0.462 e. The lowest BCUT2D eigenvalue weighted by Gasteiger charge is -2.18. The van der Waals surface area contributed by atoms with Crippen molar-refractivity contribution in [2.45, 2.75) is 335 Å². The molecule has 0 aromatic rings. The minimum Gasteiger partial charge on any atom is -0.462 e. The van der Waals surface area contributed by atoms with Crippen LogP contribution in [-0.2, 0) is 28.6 Å². The monoisotopic (exact) mass is 1100 g/mol. The predicted molar refractivity (Wildman–Crippen MR) is 344 cm³/mol. The maximum atomic E-state index is 12.9. The maximum Gasteiger partial charge on any atom is 0.306 e. The third-order valence-corrected chi connectivity index (χ3v) is 14.6. The molecule has 6 nitrogen and oxygen atoms in total. The van der Waals surface area contributed by atoms with E-state index in [9.17, 15) is 14.4 Å². The molecule has 0 aliphatic carbocycles. The van der Waals surface area contributed by atoms with Crippen LogP contribution in [0, 0.1) is 0 Å². The van der Waals surface area contributed by atoms with Gasteiger partial charge in [0.25, 0.3) is 0 Å². The van der Waals surface area contributed by atoms with Gasteiger partial charge < -0.3 is 14.2 Å². The van der Waals surface area contributed by atoms with Crippen molar-refractivity contribution in [1.82, 2.24) is 0 Å². The Morgan fingerprint density at radius 3 is 0.785 bits per heavy atom. The van der Waals surface area contributed by atoms with E-state index in [-0.39, 0.29) is 31.1 Å². The molecule has 0 N–H and O–H groups in total. The first-order valence-corrected chi connectivity index (χ1v) is 33.7. The summed E-state index contributed by atoms with van der Waals surface area (Å²) in [6.07, 6.45) is 90.3. The van der Waals surface area contributed by atoms with Gasteiger partial charge in [-0.05, 0) is 109 Å². The van der Waals surface area contributed by atoms with Crippen LogP contribution in [-0.4, -0.2) is 37.2 Å². The summed E-state index contributed by atoms with van der Waals surface area (Å²) in [6, 6.07) is 0. The summed E-state index contributed by atoms with van der Waals surface area (Å²) in [6.45, 7) is 6.38. The fraction of sp³-hybridized carbons (Fsp3) is 0.740. The highest BCUT2D eigenvalue weighted by Gasteiger charge is 2.19. The van der Waals surface area contributed by atoms with Crippen molar-refractivity contribution in [3.8, 4) is 0 Å². The summed E-state index contributed by atoms with van der Waals surface area (Å²) in [7, 11) is 0. The van der Waals surface area contributed by atoms with Gasteiger partial charge in [0, 0.05) is 19.3 Å². The molecule has 6 heteroatoms. The molecule has 1 atom stereocenters. The standard InChI is InChI=1S/C73H126O6/c1-4-7-10-13-16-19-22-24-26-27-28-29-30-31-32-33-34-35-36-37-38-39-40-41-42-43-44-45-47-48-51-54-57-60-63-66-72(75)78-69-70(68-77-71(74)65-62-59-56-53-50-21-18-15-12-9-6-3)79-73(76)67-64-61-58-55-52-49-46-25-23-20-17-14-11-8-5-2/h7-8,10-11,15-20,24-26,28-29,46,70H,4-6,9,12-14,21-23,27,30-45,47-69H2,1-3H3/b10-7-,11-8-,18-15-,19-16-,20-17-,26-24-,29-28-,46-25-. The molecule has 79 heavy (non-hydrogen) atoms. The second-order valence-corrected chi connectivity index (χ2v) is 22.3. The van der Waals surface area contributed by atoms with Gasteiger partial charge in [-0.25, -0.2) is 0 Å². The Morgan fingerprint density at radius 1 is 0.266 bits per heavy atom. The number of rotatable bonds is 61. The molecule has 454 valence electrons. The summed E-state index contributed by atoms with van der Waals surface area (Å²) in [4.78, 5) is 38.2. The molecular formula is C73H126O6. The van der Waals surface area contributed by atoms with Crippen molar-refractivity contribution in [2.24, 2.45) is 0 Å². The number of unbranched alkanes of at least 4 members (excludes halogenated alkanes) is 34. The van der Waals surface area contributed by atoms with Crippen LogP contribution in [0.25, 0.3) is 0 Å². The van der Waals surface area contributed by atoms with Gasteiger partial charge >= 0.3 is 17.9 Å². The number of carbonyl (C=O) groups is 3. The number of esters is 3. The fourth-order valence-electron chi connectivity index (χ4n) is 9.55. The molecule has 0 heterocycles. The lowest BCUT2D eigenvalue weighted by Crippen LogP contribution is -2.30. The molecule has 0 amide bonds. The molecule has 0 bridgehead atoms. The molecule has 0 aliphatic rings. The average molecular weight is 1100 g/mol. The molecule has 0 fully saturated rings. The van der Waals surface area contributed by atoms with Gasteiger partial charge in [-0.3, -0.25) is 14.4 Å². The van der Waals surface area contributed by atoms with E-state index >= 15 is 0 Å². The Kier molecular flexibility index (Phi) is 63.7. The zero-order valence-electron chi connectivity index (χ0n) is 52.1. The zero-order chi connectivity index (χ0) is 57.1. The van der Waals surface area contributed by atoms with Gasteiger partial charge in [0.15, 0.2) is 6.10 Å². The summed E-state index contributed by atoms with van der Waals surface area (Å²) in [5.41, 5.74) is 0. The lowest BCUT2D eigenvalue weighted by atomic mass is 10.0. The zero-order valence-corrected chi connectivity index (χ0v) is 52.1. The van der Waals surface area contributed by atoms with E-state index in [1.807, 2.05) is 0 Å². The molecular weight excluding hydrogens is 973 g/mol. The molecule has 0 aromatic heterocycles. The van der Waals surface area contributed by atoms with Crippen LogP contribution in [0.15, 0.2) is 97.2 Å². The van der Waals surface area contributed by atoms with E-state index in [1.165, 1.54) is 161 Å². The lowest BCUT2D eigenvalue weighted by molar-refractivity contribution is -0.167. The Morgan fingerprint density at radius 2 is 0.494 bits per heavy atom. The highest BCUT2D eigenvalue weighted by atomic mass is 16.6. The third kappa shape index (κ3) is 65.0. The van der Waals surface area contributed by atoms with E-state index < -0.39 is 6.10 Å². The topological polar surface area (TPSA) is 78.9 Å². The molecule has 0 rings (SSSR count). The highest BCUT2D eigenvalue weighted by molar-refractivity contribution is 5.71. The number of allylic oxidation sites excluding steroid dienone is 16. The molecule has 1 unspecified atom stereocenters. The van der Waals surface area contributed by atoms with Crippen molar-refractivity contribution < 1.29 is 28.6 Å². The second kappa shape index (κ2) is 66.8. The van der Waals surface area contributed by atoms with E-state index in [0.717, 1.165) is 128 Å². The van der Waals surface area contributed by atoms with Crippen LogP contribution >= 0.6 is 0 Å². The fourth-order valence-corrected chi connectivity index (χ4v) is 9.55. The van der Waals surface area contributed by atoms with Crippen LogP contribution in [0.4, 0.5) is 0 Å². The summed E-state index contributed by atoms with van der Waals surface area (Å²) >= 11 is 0. The number of hydrogen-bond acceptors (Lipinski definition) is 6. The number of ether oxygens (including phenoxy) is 3. The molecule has 0 spiro atoms. The van der Waals surface area contributed by atoms with E-state index in [0.29, 0.717) is 19.3 Å². The van der Waals surface area contributed by atoms with Crippen LogP contribution < -0.4 is 0 Å². The SMILES string of the molecule is CC/C=C\C/C=C\C/C=C\C/C=C\CCCCCCCCCCCCCCCCCCCCCCCCC(=O)OCC(COC(=O)CCCCCCC/C=C\CCCC)OC(=O)CCCCCCC/C=C\C/C=C\C/C=C\CC. The summed E-state index contributed by atoms with van der Waals surface area (Å²) in [5, 5.41) is 0. The van der Waals surface area contributed by atoms with E-state index in [4.69, 9.17) is 14.2 Å². The van der Waals surface area contributed by atoms with Crippen molar-refractivity contribution >= 4 is 17.9 Å². The Bertz CT molecular complexity index is 1540. The van der Waals surface area contributed by atoms with Gasteiger partial charge in [0.05, 0.1) is 0 Å². The van der Waals surface area contributed by atoms with Gasteiger partial charge in [-0.2, -0.15) is 0 Å². The van der Waals surface area contributed by atoms with Crippen LogP contribution in [0.2, 0.25) is 0 Å². The van der Waals surface area contributed by atoms with Crippen LogP contribution in [0.1, 0.15) is 329 Å². The van der Waals surface area contributed by atoms with Crippen LogP contribution in [0.3, 0.4) is 0 Å². The minimum atomic E-state index is -0.788. The van der Waals surface area contributed by atoms with Gasteiger partial charge in [0.1, 0.15) is 13.2 Å². The summed E-state index contributed by atoms with van der Waals surface area (Å²) in [5.74, 6) is -0.899. The normalized spacial score (nSPS) is 12.7. The Hall–Kier alpha value is -3.67. The van der Waals surface area contributed by atoms with Gasteiger partial charge in [0.2, 0.25) is 0 Å². The molecule has 0 saturated carbocycles. The maximum absolute atomic E-state index is 12.9. The van der Waals surface area contributed by atoms with Crippen molar-refractivity contribution in [2.75, 3.05) is 13.2 Å². The van der Waals surface area contributed by atoms with Crippen LogP contribution in [0.5, 0.6) is 0 Å². The third-order valence-electron chi connectivity index (χ3n) is 14.6. The van der Waals surface area contributed by atoms with E-state index in [1.54, 1.807) is 0 Å². The minimum absolute atomic E-state index is 0.0835. The smallest absolute Gasteiger partial charge is 0.306 e. The van der Waals surface area contributed by atoms with Crippen molar-refractivity contribution in [3.05, 3.63) is 97.2 Å². The van der Waals surface area contributed by atoms with Crippen molar-refractivity contribution in [3.63, 3.8) is 0 Å². The Balaban J connectivity index is 4.06. The first kappa shape index (κ1) is 75.3. The molecule has 0 radical (unpaired) electrons. The quantitative estimate of drug-likeness (QED) is 0.0261.